The van der Waals surface area contributed by atoms with Crippen LogP contribution in [0.5, 0.6) is 0 Å². The van der Waals surface area contributed by atoms with Gasteiger partial charge in [0.1, 0.15) is 0 Å². The van der Waals surface area contributed by atoms with Crippen LogP contribution in [0.4, 0.5) is 0 Å². The van der Waals surface area contributed by atoms with Gasteiger partial charge in [-0.15, -0.1) is 6.58 Å². The molecule has 0 bridgehead atoms. The van der Waals surface area contributed by atoms with E-state index in [0.717, 1.165) is 25.9 Å². The van der Waals surface area contributed by atoms with Crippen LogP contribution in [0.2, 0.25) is 0 Å². The molecule has 0 atom stereocenters. The van der Waals surface area contributed by atoms with Gasteiger partial charge in [0.05, 0.1) is 0 Å². The van der Waals surface area contributed by atoms with E-state index in [9.17, 15) is 0 Å². The van der Waals surface area contributed by atoms with Crippen LogP contribution in [-0.4, -0.2) is 11.4 Å². The number of rotatable bonds is 7. The molecule has 1 aromatic carbocycles. The van der Waals surface area contributed by atoms with E-state index in [-0.39, 0.29) is 0 Å². The van der Waals surface area contributed by atoms with Crippen molar-refractivity contribution in [3.05, 3.63) is 60.8 Å². The molecule has 0 aliphatic carbocycles. The lowest BCUT2D eigenvalue weighted by Crippen LogP contribution is -2.16. The van der Waals surface area contributed by atoms with Crippen molar-refractivity contribution >= 4 is 0 Å². The van der Waals surface area contributed by atoms with Gasteiger partial charge >= 0.3 is 0 Å². The molecule has 0 radical (unpaired) electrons. The van der Waals surface area contributed by atoms with Gasteiger partial charge in [0.15, 0.2) is 0 Å². The molecule has 0 saturated carbocycles. The Labute approximate surface area is 99.1 Å². The zero-order chi connectivity index (χ0) is 11.8. The van der Waals surface area contributed by atoms with Crippen molar-refractivity contribution in [1.82, 2.24) is 4.90 Å². The maximum Gasteiger partial charge on any atom is 0.0423 e. The Balaban J connectivity index is 2.59. The summed E-state index contributed by atoms with van der Waals surface area (Å²) in [4.78, 5) is 2.24. The molecule has 0 saturated heterocycles. The van der Waals surface area contributed by atoms with Gasteiger partial charge < -0.3 is 4.90 Å². The summed E-state index contributed by atoms with van der Waals surface area (Å²) < 4.78 is 0. The average molecular weight is 215 g/mol. The third kappa shape index (κ3) is 3.93. The maximum absolute atomic E-state index is 3.84. The second-order valence-corrected chi connectivity index (χ2v) is 3.96. The molecular weight excluding hydrogens is 194 g/mol. The van der Waals surface area contributed by atoms with Gasteiger partial charge in [0.25, 0.3) is 0 Å². The third-order valence-corrected chi connectivity index (χ3v) is 2.56. The lowest BCUT2D eigenvalue weighted by atomic mass is 10.1. The Hall–Kier alpha value is -1.50. The highest BCUT2D eigenvalue weighted by atomic mass is 15.1. The Morgan fingerprint density at radius 1 is 1.12 bits per heavy atom. The molecule has 0 spiro atoms. The first kappa shape index (κ1) is 12.6. The number of nitrogens with zero attached hydrogens (tertiary/aromatic N) is 1. The summed E-state index contributed by atoms with van der Waals surface area (Å²) >= 11 is 0. The van der Waals surface area contributed by atoms with E-state index >= 15 is 0 Å². The van der Waals surface area contributed by atoms with Crippen molar-refractivity contribution in [2.75, 3.05) is 6.54 Å². The quantitative estimate of drug-likeness (QED) is 0.626. The predicted molar refractivity (Wildman–Crippen MR) is 71.2 cm³/mol. The second-order valence-electron chi connectivity index (χ2n) is 3.96. The third-order valence-electron chi connectivity index (χ3n) is 2.56. The number of benzene rings is 1. The number of allylic oxidation sites excluding steroid dienone is 1. The van der Waals surface area contributed by atoms with Crippen LogP contribution in [0.1, 0.15) is 24.5 Å². The summed E-state index contributed by atoms with van der Waals surface area (Å²) in [6, 6.07) is 8.71. The SMILES string of the molecule is C=CCc1ccc(CN(C=C)CCC)cc1. The zero-order valence-corrected chi connectivity index (χ0v) is 10.2. The van der Waals surface area contributed by atoms with Crippen molar-refractivity contribution < 1.29 is 0 Å². The van der Waals surface area contributed by atoms with Gasteiger partial charge in [0, 0.05) is 13.1 Å². The molecule has 1 aromatic rings. The Bertz CT molecular complexity index is 324. The molecule has 0 aromatic heterocycles. The molecule has 1 rings (SSSR count). The molecule has 0 amide bonds. The standard InChI is InChI=1S/C15H21N/c1-4-7-14-8-10-15(11-9-14)13-16(6-3)12-5-2/h4,6,8-11H,1,3,5,7,12-13H2,2H3. The van der Waals surface area contributed by atoms with Gasteiger partial charge in [-0.05, 0) is 30.2 Å². The summed E-state index contributed by atoms with van der Waals surface area (Å²) in [5, 5.41) is 0. The van der Waals surface area contributed by atoms with E-state index in [1.165, 1.54) is 11.1 Å². The van der Waals surface area contributed by atoms with Crippen molar-refractivity contribution in [1.29, 1.82) is 0 Å². The molecule has 1 heteroatoms. The van der Waals surface area contributed by atoms with Crippen molar-refractivity contribution in [2.45, 2.75) is 26.3 Å². The van der Waals surface area contributed by atoms with Crippen molar-refractivity contribution in [2.24, 2.45) is 0 Å². The minimum Gasteiger partial charge on any atom is -0.374 e. The van der Waals surface area contributed by atoms with Crippen LogP contribution in [0.3, 0.4) is 0 Å². The molecule has 1 nitrogen and oxygen atoms in total. The first-order chi connectivity index (χ1) is 7.80. The molecule has 16 heavy (non-hydrogen) atoms. The highest BCUT2D eigenvalue weighted by Gasteiger charge is 1.99. The summed E-state index contributed by atoms with van der Waals surface area (Å²) in [5.74, 6) is 0. The summed E-state index contributed by atoms with van der Waals surface area (Å²) in [6.07, 6.45) is 5.95. The fraction of sp³-hybridized carbons (Fsp3) is 0.333. The van der Waals surface area contributed by atoms with Gasteiger partial charge in [0.2, 0.25) is 0 Å². The van der Waals surface area contributed by atoms with E-state index in [4.69, 9.17) is 0 Å². The first-order valence-electron chi connectivity index (χ1n) is 5.85. The van der Waals surface area contributed by atoms with E-state index < -0.39 is 0 Å². The molecular formula is C15H21N. The molecule has 0 N–H and O–H groups in total. The van der Waals surface area contributed by atoms with Crippen LogP contribution in [0, 0.1) is 0 Å². The first-order valence-corrected chi connectivity index (χ1v) is 5.85. The van der Waals surface area contributed by atoms with Gasteiger partial charge in [-0.2, -0.15) is 0 Å². The Morgan fingerprint density at radius 3 is 2.25 bits per heavy atom. The van der Waals surface area contributed by atoms with Crippen LogP contribution in [0.25, 0.3) is 0 Å². The highest BCUT2D eigenvalue weighted by Crippen LogP contribution is 2.09. The fourth-order valence-corrected chi connectivity index (χ4v) is 1.70. The van der Waals surface area contributed by atoms with E-state index in [0.29, 0.717) is 0 Å². The molecule has 0 heterocycles. The molecule has 0 fully saturated rings. The van der Waals surface area contributed by atoms with Crippen LogP contribution >= 0.6 is 0 Å². The second kappa shape index (κ2) is 6.89. The van der Waals surface area contributed by atoms with Crippen LogP contribution in [-0.2, 0) is 13.0 Å². The average Bonchev–Trinajstić information content (AvgIpc) is 2.31. The summed E-state index contributed by atoms with van der Waals surface area (Å²) in [6.45, 7) is 11.8. The number of hydrogen-bond acceptors (Lipinski definition) is 1. The summed E-state index contributed by atoms with van der Waals surface area (Å²) in [7, 11) is 0. The minimum atomic E-state index is 0.945. The van der Waals surface area contributed by atoms with Gasteiger partial charge in [-0.1, -0.05) is 43.8 Å². The Kier molecular flexibility index (Phi) is 5.41. The van der Waals surface area contributed by atoms with Gasteiger partial charge in [-0.3, -0.25) is 0 Å². The topological polar surface area (TPSA) is 3.24 Å². The predicted octanol–water partition coefficient (Wildman–Crippen LogP) is 3.77. The molecule has 86 valence electrons. The normalized spacial score (nSPS) is 9.81. The fourth-order valence-electron chi connectivity index (χ4n) is 1.70. The van der Waals surface area contributed by atoms with Crippen LogP contribution in [0.15, 0.2) is 49.7 Å². The monoisotopic (exact) mass is 215 g/mol. The largest absolute Gasteiger partial charge is 0.374 e. The zero-order valence-electron chi connectivity index (χ0n) is 10.2. The van der Waals surface area contributed by atoms with Crippen molar-refractivity contribution in [3.63, 3.8) is 0 Å². The number of hydrogen-bond donors (Lipinski definition) is 0. The minimum absolute atomic E-state index is 0.945. The Morgan fingerprint density at radius 2 is 1.75 bits per heavy atom. The van der Waals surface area contributed by atoms with Gasteiger partial charge in [-0.25, -0.2) is 0 Å². The smallest absolute Gasteiger partial charge is 0.0423 e. The van der Waals surface area contributed by atoms with E-state index in [2.05, 4.69) is 49.2 Å². The lowest BCUT2D eigenvalue weighted by molar-refractivity contribution is 0.370. The maximum atomic E-state index is 3.84. The van der Waals surface area contributed by atoms with E-state index in [1.54, 1.807) is 0 Å². The molecule has 0 aliphatic heterocycles. The van der Waals surface area contributed by atoms with E-state index in [1.807, 2.05) is 12.3 Å². The highest BCUT2D eigenvalue weighted by molar-refractivity contribution is 5.24. The van der Waals surface area contributed by atoms with Crippen LogP contribution < -0.4 is 0 Å². The molecule has 0 aliphatic rings. The lowest BCUT2D eigenvalue weighted by Gasteiger charge is -2.19. The summed E-state index contributed by atoms with van der Waals surface area (Å²) in [5.41, 5.74) is 2.65. The molecule has 0 unspecified atom stereocenters. The van der Waals surface area contributed by atoms with Crippen molar-refractivity contribution in [3.8, 4) is 0 Å².